The van der Waals surface area contributed by atoms with E-state index in [0.717, 1.165) is 5.56 Å². The second kappa shape index (κ2) is 6.61. The quantitative estimate of drug-likeness (QED) is 0.647. The zero-order chi connectivity index (χ0) is 18.1. The van der Waals surface area contributed by atoms with Crippen LogP contribution in [0.1, 0.15) is 43.7 Å². The Morgan fingerprint density at radius 2 is 2.08 bits per heavy atom. The van der Waals surface area contributed by atoms with Gasteiger partial charge in [-0.25, -0.2) is 0 Å². The SMILES string of the molecule is C=Cc1c(O)cc2c(c1C=C)C(CCl)CN2C(=O)c1ccc(C=O)o1. The minimum absolute atomic E-state index is 0.00435. The number of anilines is 1. The first kappa shape index (κ1) is 17.0. The maximum absolute atomic E-state index is 12.8. The normalized spacial score (nSPS) is 15.7. The first-order valence-electron chi connectivity index (χ1n) is 7.63. The molecule has 0 saturated carbocycles. The van der Waals surface area contributed by atoms with Crippen LogP contribution in [0, 0.1) is 0 Å². The third-order valence-electron chi connectivity index (χ3n) is 4.30. The lowest BCUT2D eigenvalue weighted by molar-refractivity contribution is 0.0958. The molecule has 2 heterocycles. The van der Waals surface area contributed by atoms with E-state index in [-0.39, 0.29) is 23.2 Å². The largest absolute Gasteiger partial charge is 0.507 e. The molecule has 25 heavy (non-hydrogen) atoms. The fourth-order valence-corrected chi connectivity index (χ4v) is 3.44. The van der Waals surface area contributed by atoms with Gasteiger partial charge in [-0.05, 0) is 23.3 Å². The molecular weight excluding hydrogens is 342 g/mol. The Morgan fingerprint density at radius 1 is 1.36 bits per heavy atom. The third-order valence-corrected chi connectivity index (χ3v) is 4.67. The molecular formula is C19H16ClNO4. The highest BCUT2D eigenvalue weighted by Crippen LogP contribution is 2.45. The summed E-state index contributed by atoms with van der Waals surface area (Å²) in [6.07, 6.45) is 3.71. The van der Waals surface area contributed by atoms with Crippen LogP contribution < -0.4 is 4.90 Å². The number of aldehydes is 1. The summed E-state index contributed by atoms with van der Waals surface area (Å²) in [7, 11) is 0. The van der Waals surface area contributed by atoms with Crippen LogP contribution in [0.3, 0.4) is 0 Å². The molecule has 3 rings (SSSR count). The summed E-state index contributed by atoms with van der Waals surface area (Å²) in [5, 5.41) is 10.3. The van der Waals surface area contributed by atoms with Crippen LogP contribution in [-0.4, -0.2) is 29.7 Å². The van der Waals surface area contributed by atoms with E-state index in [9.17, 15) is 14.7 Å². The highest BCUT2D eigenvalue weighted by molar-refractivity contribution is 6.19. The maximum Gasteiger partial charge on any atom is 0.294 e. The number of phenolic OH excluding ortho intramolecular Hbond substituents is 1. The van der Waals surface area contributed by atoms with E-state index in [0.29, 0.717) is 35.5 Å². The minimum Gasteiger partial charge on any atom is -0.507 e. The Morgan fingerprint density at radius 3 is 2.64 bits per heavy atom. The molecule has 0 bridgehead atoms. The van der Waals surface area contributed by atoms with Crippen LogP contribution in [0.25, 0.3) is 12.2 Å². The molecule has 5 nitrogen and oxygen atoms in total. The number of rotatable bonds is 5. The number of nitrogens with zero attached hydrogens (tertiary/aromatic N) is 1. The van der Waals surface area contributed by atoms with E-state index in [1.54, 1.807) is 12.2 Å². The van der Waals surface area contributed by atoms with Gasteiger partial charge in [0.2, 0.25) is 0 Å². The van der Waals surface area contributed by atoms with E-state index in [1.165, 1.54) is 23.1 Å². The topological polar surface area (TPSA) is 70.8 Å². The highest BCUT2D eigenvalue weighted by atomic mass is 35.5. The van der Waals surface area contributed by atoms with Gasteiger partial charge in [-0.2, -0.15) is 0 Å². The number of furan rings is 1. The van der Waals surface area contributed by atoms with Crippen molar-refractivity contribution >= 4 is 41.6 Å². The van der Waals surface area contributed by atoms with Gasteiger partial charge in [0, 0.05) is 30.0 Å². The Bertz CT molecular complexity index is 884. The van der Waals surface area contributed by atoms with Gasteiger partial charge in [-0.3, -0.25) is 9.59 Å². The minimum atomic E-state index is -0.400. The van der Waals surface area contributed by atoms with E-state index in [1.807, 2.05) is 0 Å². The van der Waals surface area contributed by atoms with Crippen molar-refractivity contribution < 1.29 is 19.1 Å². The molecule has 1 amide bonds. The van der Waals surface area contributed by atoms with Crippen molar-refractivity contribution in [3.05, 3.63) is 59.6 Å². The molecule has 0 spiro atoms. The van der Waals surface area contributed by atoms with Gasteiger partial charge in [0.15, 0.2) is 17.8 Å². The summed E-state index contributed by atoms with van der Waals surface area (Å²) in [6, 6.07) is 4.41. The number of phenols is 1. The van der Waals surface area contributed by atoms with Crippen molar-refractivity contribution in [2.24, 2.45) is 0 Å². The Kier molecular flexibility index (Phi) is 4.51. The number of amides is 1. The van der Waals surface area contributed by atoms with Crippen molar-refractivity contribution in [2.45, 2.75) is 5.92 Å². The molecule has 0 saturated heterocycles. The summed E-state index contributed by atoms with van der Waals surface area (Å²) in [5.41, 5.74) is 2.66. The number of alkyl halides is 1. The van der Waals surface area contributed by atoms with Crippen LogP contribution in [0.2, 0.25) is 0 Å². The number of fused-ring (bicyclic) bond motifs is 1. The summed E-state index contributed by atoms with van der Waals surface area (Å²) in [6.45, 7) is 7.87. The van der Waals surface area contributed by atoms with Crippen molar-refractivity contribution in [3.8, 4) is 5.75 Å². The number of hydrogen-bond donors (Lipinski definition) is 1. The molecule has 1 aliphatic heterocycles. The molecule has 0 radical (unpaired) electrons. The summed E-state index contributed by atoms with van der Waals surface area (Å²) in [5.74, 6) is -0.0821. The highest BCUT2D eigenvalue weighted by Gasteiger charge is 2.36. The molecule has 2 aromatic rings. The smallest absolute Gasteiger partial charge is 0.294 e. The third kappa shape index (κ3) is 2.66. The monoisotopic (exact) mass is 357 g/mol. The number of hydrogen-bond acceptors (Lipinski definition) is 4. The average molecular weight is 358 g/mol. The second-order valence-corrected chi connectivity index (χ2v) is 5.96. The predicted octanol–water partition coefficient (Wildman–Crippen LogP) is 4.07. The molecule has 0 fully saturated rings. The van der Waals surface area contributed by atoms with Gasteiger partial charge in [0.25, 0.3) is 5.91 Å². The molecule has 1 aromatic carbocycles. The van der Waals surface area contributed by atoms with Crippen LogP contribution in [-0.2, 0) is 0 Å². The number of carbonyl (C=O) groups is 2. The molecule has 1 N–H and O–H groups in total. The van der Waals surface area contributed by atoms with Gasteiger partial charge in [0.05, 0.1) is 5.69 Å². The second-order valence-electron chi connectivity index (χ2n) is 5.65. The lowest BCUT2D eigenvalue weighted by atomic mass is 9.92. The van der Waals surface area contributed by atoms with Gasteiger partial charge in [-0.1, -0.05) is 25.3 Å². The number of aromatic hydroxyl groups is 1. The Balaban J connectivity index is 2.14. The van der Waals surface area contributed by atoms with Gasteiger partial charge < -0.3 is 14.4 Å². The zero-order valence-corrected chi connectivity index (χ0v) is 14.1. The fraction of sp³-hybridized carbons (Fsp3) is 0.158. The summed E-state index contributed by atoms with van der Waals surface area (Å²) in [4.78, 5) is 25.1. The van der Waals surface area contributed by atoms with Crippen LogP contribution in [0.4, 0.5) is 5.69 Å². The number of carbonyl (C=O) groups excluding carboxylic acids is 2. The molecule has 1 aromatic heterocycles. The van der Waals surface area contributed by atoms with Gasteiger partial charge >= 0.3 is 0 Å². The molecule has 1 aliphatic rings. The van der Waals surface area contributed by atoms with Crippen LogP contribution in [0.5, 0.6) is 5.75 Å². The van der Waals surface area contributed by atoms with E-state index < -0.39 is 5.91 Å². The summed E-state index contributed by atoms with van der Waals surface area (Å²) < 4.78 is 5.23. The van der Waals surface area contributed by atoms with Crippen molar-refractivity contribution in [1.29, 1.82) is 0 Å². The van der Waals surface area contributed by atoms with E-state index >= 15 is 0 Å². The standard InChI is InChI=1S/C19H16ClNO4/c1-3-13-14(4-2)18-11(8-20)9-21(15(18)7-16(13)23)19(24)17-6-5-12(10-22)25-17/h3-7,10-11,23H,1-2,8-9H2. The number of halogens is 1. The summed E-state index contributed by atoms with van der Waals surface area (Å²) >= 11 is 6.11. The van der Waals surface area contributed by atoms with Crippen LogP contribution in [0.15, 0.2) is 35.8 Å². The van der Waals surface area contributed by atoms with Crippen molar-refractivity contribution in [3.63, 3.8) is 0 Å². The van der Waals surface area contributed by atoms with Crippen molar-refractivity contribution in [2.75, 3.05) is 17.3 Å². The van der Waals surface area contributed by atoms with Gasteiger partial charge in [0.1, 0.15) is 5.75 Å². The van der Waals surface area contributed by atoms with E-state index in [4.69, 9.17) is 16.0 Å². The molecule has 1 atom stereocenters. The fourth-order valence-electron chi connectivity index (χ4n) is 3.19. The maximum atomic E-state index is 12.8. The molecule has 1 unspecified atom stereocenters. The van der Waals surface area contributed by atoms with Gasteiger partial charge in [-0.15, -0.1) is 11.6 Å². The van der Waals surface area contributed by atoms with Crippen LogP contribution >= 0.6 is 11.6 Å². The molecule has 0 aliphatic carbocycles. The lowest BCUT2D eigenvalue weighted by Crippen LogP contribution is -2.29. The first-order chi connectivity index (χ1) is 12.0. The zero-order valence-electron chi connectivity index (χ0n) is 13.4. The Hall–Kier alpha value is -2.79. The van der Waals surface area contributed by atoms with Crippen molar-refractivity contribution in [1.82, 2.24) is 0 Å². The first-order valence-corrected chi connectivity index (χ1v) is 8.16. The lowest BCUT2D eigenvalue weighted by Gasteiger charge is -2.17. The Labute approximate surface area is 149 Å². The molecule has 128 valence electrons. The van der Waals surface area contributed by atoms with E-state index in [2.05, 4.69) is 13.2 Å². The predicted molar refractivity (Wildman–Crippen MR) is 97.5 cm³/mol. The average Bonchev–Trinajstić information content (AvgIpc) is 3.24. The number of benzene rings is 1. The molecule has 6 heteroatoms.